The highest BCUT2D eigenvalue weighted by atomic mass is 16.5. The van der Waals surface area contributed by atoms with Crippen LogP contribution in [0.1, 0.15) is 106 Å². The fourth-order valence-corrected chi connectivity index (χ4v) is 6.50. The second kappa shape index (κ2) is 10.7. The zero-order valence-corrected chi connectivity index (χ0v) is 21.2. The summed E-state index contributed by atoms with van der Waals surface area (Å²) in [5.41, 5.74) is 4.91. The largest absolute Gasteiger partial charge is 0.427 e. The Hall–Kier alpha value is -3.11. The average molecular weight is 469 g/mol. The van der Waals surface area contributed by atoms with Gasteiger partial charge in [0.25, 0.3) is 0 Å². The van der Waals surface area contributed by atoms with Crippen LogP contribution in [0, 0.1) is 28.1 Å². The minimum atomic E-state index is -0.213. The molecule has 2 aromatic rings. The van der Waals surface area contributed by atoms with E-state index in [1.807, 2.05) is 31.2 Å². The lowest BCUT2D eigenvalue weighted by atomic mass is 9.50. The van der Waals surface area contributed by atoms with Crippen LogP contribution >= 0.6 is 0 Å². The number of benzene rings is 2. The van der Waals surface area contributed by atoms with Gasteiger partial charge in [-0.2, -0.15) is 10.5 Å². The number of esters is 1. The Kier molecular flexibility index (Phi) is 7.61. The summed E-state index contributed by atoms with van der Waals surface area (Å²) in [4.78, 5) is 11.7. The Bertz CT molecular complexity index is 1130. The third kappa shape index (κ3) is 5.13. The molecule has 4 heteroatoms. The lowest BCUT2D eigenvalue weighted by Gasteiger charge is -2.54. The first-order chi connectivity index (χ1) is 17.0. The zero-order chi connectivity index (χ0) is 24.9. The number of hydrogen-bond acceptors (Lipinski definition) is 4. The standard InChI is InChI=1S/C31H36N2O2/c1-3-5-29(34)35-25-11-7-23(8-12-25)6-9-24-10-13-28(27(22-33)26(24)21-32)31-18-15-30(14-4-2,16-19-31)17-20-31/h7-8,10-13H,3-6,9,14-20H2,1-2H3. The van der Waals surface area contributed by atoms with E-state index in [-0.39, 0.29) is 11.4 Å². The van der Waals surface area contributed by atoms with Gasteiger partial charge < -0.3 is 4.74 Å². The number of rotatable bonds is 9. The summed E-state index contributed by atoms with van der Waals surface area (Å²) >= 11 is 0. The Morgan fingerprint density at radius 2 is 1.51 bits per heavy atom. The first kappa shape index (κ1) is 25.0. The van der Waals surface area contributed by atoms with Crippen molar-refractivity contribution in [2.24, 2.45) is 5.41 Å². The van der Waals surface area contributed by atoms with Crippen LogP contribution in [0.5, 0.6) is 5.75 Å². The molecule has 35 heavy (non-hydrogen) atoms. The predicted octanol–water partition coefficient (Wildman–Crippen LogP) is 7.31. The molecule has 2 aromatic carbocycles. The van der Waals surface area contributed by atoms with Gasteiger partial charge in [-0.3, -0.25) is 4.79 Å². The summed E-state index contributed by atoms with van der Waals surface area (Å²) in [6, 6.07) is 16.6. The van der Waals surface area contributed by atoms with Crippen LogP contribution in [0.3, 0.4) is 0 Å². The van der Waals surface area contributed by atoms with Crippen molar-refractivity contribution < 1.29 is 9.53 Å². The predicted molar refractivity (Wildman–Crippen MR) is 137 cm³/mol. The number of hydrogen-bond donors (Lipinski definition) is 0. The molecule has 0 aliphatic heterocycles. The Morgan fingerprint density at radius 1 is 0.857 bits per heavy atom. The molecule has 3 fully saturated rings. The molecule has 0 atom stereocenters. The molecular formula is C31H36N2O2. The molecule has 182 valence electrons. The molecule has 0 radical (unpaired) electrons. The fourth-order valence-electron chi connectivity index (χ4n) is 6.50. The summed E-state index contributed by atoms with van der Waals surface area (Å²) in [5.74, 6) is 0.345. The van der Waals surface area contributed by atoms with Crippen LogP contribution in [0.2, 0.25) is 0 Å². The van der Waals surface area contributed by atoms with Crippen LogP contribution in [0.25, 0.3) is 0 Å². The molecular weight excluding hydrogens is 432 g/mol. The van der Waals surface area contributed by atoms with Gasteiger partial charge in [0.15, 0.2) is 0 Å². The Morgan fingerprint density at radius 3 is 2.09 bits per heavy atom. The quantitative estimate of drug-likeness (QED) is 0.285. The molecule has 0 spiro atoms. The number of ether oxygens (including phenoxy) is 1. The van der Waals surface area contributed by atoms with Crippen molar-refractivity contribution in [1.82, 2.24) is 0 Å². The van der Waals surface area contributed by atoms with E-state index in [2.05, 4.69) is 31.2 Å². The van der Waals surface area contributed by atoms with E-state index in [9.17, 15) is 15.3 Å². The third-order valence-electron chi connectivity index (χ3n) is 8.56. The van der Waals surface area contributed by atoms with Gasteiger partial charge in [0.1, 0.15) is 17.9 Å². The highest BCUT2D eigenvalue weighted by Crippen LogP contribution is 2.60. The van der Waals surface area contributed by atoms with Gasteiger partial charge in [-0.05, 0) is 104 Å². The Balaban J connectivity index is 1.50. The van der Waals surface area contributed by atoms with Crippen molar-refractivity contribution in [1.29, 1.82) is 10.5 Å². The summed E-state index contributed by atoms with van der Waals surface area (Å²) < 4.78 is 5.34. The van der Waals surface area contributed by atoms with Crippen molar-refractivity contribution in [3.05, 3.63) is 64.2 Å². The average Bonchev–Trinajstić information content (AvgIpc) is 2.89. The molecule has 0 aromatic heterocycles. The molecule has 3 saturated carbocycles. The third-order valence-corrected chi connectivity index (χ3v) is 8.56. The van der Waals surface area contributed by atoms with E-state index in [1.165, 1.54) is 32.1 Å². The lowest BCUT2D eigenvalue weighted by molar-refractivity contribution is -0.134. The maximum Gasteiger partial charge on any atom is 0.311 e. The van der Waals surface area contributed by atoms with Gasteiger partial charge in [0.2, 0.25) is 0 Å². The smallest absolute Gasteiger partial charge is 0.311 e. The van der Waals surface area contributed by atoms with Gasteiger partial charge in [-0.1, -0.05) is 44.5 Å². The lowest BCUT2D eigenvalue weighted by Crippen LogP contribution is -2.44. The Labute approximate surface area is 209 Å². The van der Waals surface area contributed by atoms with Crippen molar-refractivity contribution >= 4 is 5.97 Å². The number of aryl methyl sites for hydroxylation is 2. The molecule has 2 bridgehead atoms. The van der Waals surface area contributed by atoms with E-state index >= 15 is 0 Å². The summed E-state index contributed by atoms with van der Waals surface area (Å²) in [6.07, 6.45) is 12.4. The van der Waals surface area contributed by atoms with Gasteiger partial charge in [-0.25, -0.2) is 0 Å². The molecule has 0 heterocycles. The normalized spacial score (nSPS) is 22.9. The second-order valence-electron chi connectivity index (χ2n) is 10.6. The summed E-state index contributed by atoms with van der Waals surface area (Å²) in [7, 11) is 0. The molecule has 0 saturated heterocycles. The SMILES string of the molecule is CCCC(=O)Oc1ccc(CCc2ccc(C34CCC(CCC)(CC3)CC4)c(C#N)c2C#N)cc1. The number of carbonyl (C=O) groups excluding carboxylic acids is 1. The van der Waals surface area contributed by atoms with Crippen LogP contribution in [0.15, 0.2) is 36.4 Å². The van der Waals surface area contributed by atoms with Gasteiger partial charge in [0.05, 0.1) is 11.1 Å². The first-order valence-electron chi connectivity index (χ1n) is 13.2. The van der Waals surface area contributed by atoms with Crippen molar-refractivity contribution in [3.63, 3.8) is 0 Å². The molecule has 0 amide bonds. The highest BCUT2D eigenvalue weighted by molar-refractivity contribution is 5.72. The van der Waals surface area contributed by atoms with Gasteiger partial charge >= 0.3 is 5.97 Å². The maximum absolute atomic E-state index is 11.7. The molecule has 0 N–H and O–H groups in total. The fraction of sp³-hybridized carbons (Fsp3) is 0.516. The van der Waals surface area contributed by atoms with Crippen LogP contribution < -0.4 is 4.74 Å². The van der Waals surface area contributed by atoms with Crippen molar-refractivity contribution in [2.45, 2.75) is 96.3 Å². The zero-order valence-electron chi connectivity index (χ0n) is 21.2. The summed E-state index contributed by atoms with van der Waals surface area (Å²) in [5, 5.41) is 20.2. The van der Waals surface area contributed by atoms with E-state index in [0.29, 0.717) is 35.1 Å². The molecule has 4 nitrogen and oxygen atoms in total. The minimum absolute atomic E-state index is 0.0652. The van der Waals surface area contributed by atoms with Crippen LogP contribution in [-0.4, -0.2) is 5.97 Å². The molecule has 3 aliphatic rings. The molecule has 0 unspecified atom stereocenters. The van der Waals surface area contributed by atoms with E-state index in [0.717, 1.165) is 48.8 Å². The van der Waals surface area contributed by atoms with Gasteiger partial charge in [0, 0.05) is 6.42 Å². The summed E-state index contributed by atoms with van der Waals surface area (Å²) in [6.45, 7) is 4.24. The first-order valence-corrected chi connectivity index (χ1v) is 13.2. The highest BCUT2D eigenvalue weighted by Gasteiger charge is 2.49. The number of carbonyl (C=O) groups is 1. The van der Waals surface area contributed by atoms with Crippen LogP contribution in [-0.2, 0) is 23.1 Å². The van der Waals surface area contributed by atoms with Crippen molar-refractivity contribution in [3.8, 4) is 17.9 Å². The van der Waals surface area contributed by atoms with E-state index in [4.69, 9.17) is 4.74 Å². The molecule has 5 rings (SSSR count). The minimum Gasteiger partial charge on any atom is -0.427 e. The van der Waals surface area contributed by atoms with E-state index in [1.54, 1.807) is 0 Å². The second-order valence-corrected chi connectivity index (χ2v) is 10.6. The van der Waals surface area contributed by atoms with Crippen molar-refractivity contribution in [2.75, 3.05) is 0 Å². The molecule has 3 aliphatic carbocycles. The topological polar surface area (TPSA) is 73.9 Å². The maximum atomic E-state index is 11.7. The van der Waals surface area contributed by atoms with Gasteiger partial charge in [-0.15, -0.1) is 0 Å². The monoisotopic (exact) mass is 468 g/mol. The number of fused-ring (bicyclic) bond motifs is 3. The number of nitriles is 2. The van der Waals surface area contributed by atoms with Crippen LogP contribution in [0.4, 0.5) is 0 Å². The number of nitrogens with zero attached hydrogens (tertiary/aromatic N) is 2. The van der Waals surface area contributed by atoms with E-state index < -0.39 is 0 Å².